The molecular formula is C15H25NO2. The number of unbranched alkanes of at least 4 members (excludes halogenated alkanes) is 5. The van der Waals surface area contributed by atoms with Crippen molar-refractivity contribution < 1.29 is 9.53 Å². The summed E-state index contributed by atoms with van der Waals surface area (Å²) in [7, 11) is 0. The lowest BCUT2D eigenvalue weighted by Gasteiger charge is -2.05. The Hall–Kier alpha value is -1.30. The van der Waals surface area contributed by atoms with Crippen LogP contribution < -0.4 is 0 Å². The largest absolute Gasteiger partial charge is 0.461 e. The number of carbonyl (C=O) groups is 1. The fraction of sp³-hybridized carbons (Fsp3) is 0.733. The Balaban J connectivity index is 3.93. The van der Waals surface area contributed by atoms with Crippen molar-refractivity contribution in [3.63, 3.8) is 0 Å². The number of hydrogen-bond acceptors (Lipinski definition) is 3. The van der Waals surface area contributed by atoms with Gasteiger partial charge in [0.2, 0.25) is 0 Å². The molecule has 102 valence electrons. The zero-order valence-corrected chi connectivity index (χ0v) is 11.9. The number of rotatable bonds is 9. The molecule has 0 heterocycles. The third kappa shape index (κ3) is 8.81. The molecule has 0 aromatic rings. The molecule has 0 fully saturated rings. The van der Waals surface area contributed by atoms with Gasteiger partial charge in [0.1, 0.15) is 11.6 Å². The van der Waals surface area contributed by atoms with Crippen LogP contribution >= 0.6 is 0 Å². The minimum atomic E-state index is -0.486. The van der Waals surface area contributed by atoms with E-state index in [1.807, 2.05) is 19.9 Å². The fourth-order valence-electron chi connectivity index (χ4n) is 1.49. The van der Waals surface area contributed by atoms with Gasteiger partial charge in [0.15, 0.2) is 0 Å². The van der Waals surface area contributed by atoms with Crippen molar-refractivity contribution in [2.45, 2.75) is 59.3 Å². The second-order valence-electron chi connectivity index (χ2n) is 4.92. The van der Waals surface area contributed by atoms with E-state index in [4.69, 9.17) is 10.00 Å². The van der Waals surface area contributed by atoms with Gasteiger partial charge in [0.05, 0.1) is 6.61 Å². The standard InChI is InChI=1S/C15H25NO2/c1-4-5-6-7-8-9-10-14(11-16)15(17)18-12-13(2)3/h10,13H,4-9,12H2,1-3H3/b14-10+. The van der Waals surface area contributed by atoms with Gasteiger partial charge in [0.25, 0.3) is 0 Å². The fourth-order valence-corrected chi connectivity index (χ4v) is 1.49. The van der Waals surface area contributed by atoms with Crippen molar-refractivity contribution in [2.24, 2.45) is 5.92 Å². The van der Waals surface area contributed by atoms with Crippen LogP contribution in [0.15, 0.2) is 11.6 Å². The first-order valence-corrected chi connectivity index (χ1v) is 6.89. The highest BCUT2D eigenvalue weighted by molar-refractivity contribution is 5.92. The molecule has 0 saturated heterocycles. The maximum Gasteiger partial charge on any atom is 0.348 e. The molecule has 3 nitrogen and oxygen atoms in total. The third-order valence-corrected chi connectivity index (χ3v) is 2.54. The van der Waals surface area contributed by atoms with E-state index in [-0.39, 0.29) is 5.57 Å². The van der Waals surface area contributed by atoms with Crippen LogP contribution in [-0.4, -0.2) is 12.6 Å². The number of carbonyl (C=O) groups excluding carboxylic acids is 1. The Morgan fingerprint density at radius 2 is 1.94 bits per heavy atom. The van der Waals surface area contributed by atoms with E-state index in [1.54, 1.807) is 6.08 Å². The second kappa shape index (κ2) is 10.8. The highest BCUT2D eigenvalue weighted by Gasteiger charge is 2.10. The first-order chi connectivity index (χ1) is 8.61. The van der Waals surface area contributed by atoms with Crippen LogP contribution in [0.4, 0.5) is 0 Å². The number of hydrogen-bond donors (Lipinski definition) is 0. The van der Waals surface area contributed by atoms with Crippen LogP contribution in [-0.2, 0) is 9.53 Å². The zero-order chi connectivity index (χ0) is 13.8. The van der Waals surface area contributed by atoms with E-state index in [0.717, 1.165) is 19.3 Å². The van der Waals surface area contributed by atoms with Crippen molar-refractivity contribution in [2.75, 3.05) is 6.61 Å². The van der Waals surface area contributed by atoms with Crippen LogP contribution in [0.2, 0.25) is 0 Å². The van der Waals surface area contributed by atoms with E-state index in [1.165, 1.54) is 19.3 Å². The van der Waals surface area contributed by atoms with Crippen LogP contribution in [0.5, 0.6) is 0 Å². The van der Waals surface area contributed by atoms with Crippen LogP contribution in [0.25, 0.3) is 0 Å². The minimum absolute atomic E-state index is 0.145. The maximum absolute atomic E-state index is 11.5. The summed E-state index contributed by atoms with van der Waals surface area (Å²) < 4.78 is 5.02. The van der Waals surface area contributed by atoms with Crippen LogP contribution in [0, 0.1) is 17.2 Å². The Morgan fingerprint density at radius 1 is 1.28 bits per heavy atom. The zero-order valence-electron chi connectivity index (χ0n) is 11.9. The van der Waals surface area contributed by atoms with E-state index < -0.39 is 5.97 Å². The van der Waals surface area contributed by atoms with Crippen molar-refractivity contribution >= 4 is 5.97 Å². The molecular weight excluding hydrogens is 226 g/mol. The molecule has 0 bridgehead atoms. The van der Waals surface area contributed by atoms with Crippen molar-refractivity contribution in [3.8, 4) is 6.07 Å². The van der Waals surface area contributed by atoms with E-state index >= 15 is 0 Å². The summed E-state index contributed by atoms with van der Waals surface area (Å²) in [6, 6.07) is 1.91. The maximum atomic E-state index is 11.5. The summed E-state index contributed by atoms with van der Waals surface area (Å²) in [5, 5.41) is 8.88. The third-order valence-electron chi connectivity index (χ3n) is 2.54. The Kier molecular flexibility index (Phi) is 10.0. The summed E-state index contributed by atoms with van der Waals surface area (Å²) in [5.74, 6) is -0.192. The first-order valence-electron chi connectivity index (χ1n) is 6.89. The van der Waals surface area contributed by atoms with Crippen LogP contribution in [0.1, 0.15) is 59.3 Å². The van der Waals surface area contributed by atoms with Crippen molar-refractivity contribution in [1.82, 2.24) is 0 Å². The lowest BCUT2D eigenvalue weighted by Crippen LogP contribution is -2.11. The molecule has 3 heteroatoms. The summed E-state index contributed by atoms with van der Waals surface area (Å²) in [4.78, 5) is 11.5. The molecule has 0 aromatic carbocycles. The highest BCUT2D eigenvalue weighted by atomic mass is 16.5. The summed E-state index contributed by atoms with van der Waals surface area (Å²) in [6.07, 6.45) is 8.38. The van der Waals surface area contributed by atoms with Gasteiger partial charge in [-0.3, -0.25) is 0 Å². The van der Waals surface area contributed by atoms with Gasteiger partial charge in [-0.05, 0) is 18.8 Å². The van der Waals surface area contributed by atoms with Gasteiger partial charge < -0.3 is 4.74 Å². The number of allylic oxidation sites excluding steroid dienone is 1. The van der Waals surface area contributed by atoms with Gasteiger partial charge in [-0.1, -0.05) is 52.5 Å². The summed E-state index contributed by atoms with van der Waals surface area (Å²) in [6.45, 7) is 6.49. The molecule has 0 aliphatic heterocycles. The number of nitriles is 1. The molecule has 0 rings (SSSR count). The molecule has 0 aliphatic rings. The van der Waals surface area contributed by atoms with Gasteiger partial charge in [-0.2, -0.15) is 5.26 Å². The minimum Gasteiger partial charge on any atom is -0.461 e. The molecule has 0 saturated carbocycles. The highest BCUT2D eigenvalue weighted by Crippen LogP contribution is 2.08. The molecule has 0 N–H and O–H groups in total. The summed E-state index contributed by atoms with van der Waals surface area (Å²) in [5.41, 5.74) is 0.145. The Bertz CT molecular complexity index is 300. The van der Waals surface area contributed by atoms with Crippen molar-refractivity contribution in [3.05, 3.63) is 11.6 Å². The predicted molar refractivity (Wildman–Crippen MR) is 72.9 cm³/mol. The van der Waals surface area contributed by atoms with Gasteiger partial charge in [0, 0.05) is 0 Å². The van der Waals surface area contributed by atoms with Crippen molar-refractivity contribution in [1.29, 1.82) is 5.26 Å². The normalized spacial score (nSPS) is 11.4. The van der Waals surface area contributed by atoms with Gasteiger partial charge in [-0.15, -0.1) is 0 Å². The first kappa shape index (κ1) is 16.7. The number of ether oxygens (including phenoxy) is 1. The average molecular weight is 251 g/mol. The number of nitrogens with zero attached hydrogens (tertiary/aromatic N) is 1. The lowest BCUT2D eigenvalue weighted by atomic mass is 10.1. The lowest BCUT2D eigenvalue weighted by molar-refractivity contribution is -0.139. The Labute approximate surface area is 111 Å². The summed E-state index contributed by atoms with van der Waals surface area (Å²) >= 11 is 0. The molecule has 0 aliphatic carbocycles. The SMILES string of the molecule is CCCCCCC/C=C(\C#N)C(=O)OCC(C)C. The molecule has 0 spiro atoms. The quantitative estimate of drug-likeness (QED) is 0.269. The smallest absolute Gasteiger partial charge is 0.348 e. The van der Waals surface area contributed by atoms with E-state index in [2.05, 4.69) is 6.92 Å². The topological polar surface area (TPSA) is 50.1 Å². The predicted octanol–water partition coefficient (Wildman–Crippen LogP) is 4.00. The van der Waals surface area contributed by atoms with E-state index in [0.29, 0.717) is 12.5 Å². The molecule has 18 heavy (non-hydrogen) atoms. The number of esters is 1. The van der Waals surface area contributed by atoms with E-state index in [9.17, 15) is 4.79 Å². The Morgan fingerprint density at radius 3 is 2.50 bits per heavy atom. The average Bonchev–Trinajstić information content (AvgIpc) is 2.35. The molecule has 0 unspecified atom stereocenters. The second-order valence-corrected chi connectivity index (χ2v) is 4.92. The van der Waals surface area contributed by atoms with Gasteiger partial charge in [-0.25, -0.2) is 4.79 Å². The van der Waals surface area contributed by atoms with Crippen LogP contribution in [0.3, 0.4) is 0 Å². The molecule has 0 amide bonds. The van der Waals surface area contributed by atoms with Gasteiger partial charge >= 0.3 is 5.97 Å². The molecule has 0 radical (unpaired) electrons. The molecule has 0 atom stereocenters. The monoisotopic (exact) mass is 251 g/mol. The molecule has 0 aromatic heterocycles.